The van der Waals surface area contributed by atoms with Crippen LogP contribution in [0.5, 0.6) is 0 Å². The van der Waals surface area contributed by atoms with E-state index in [1.165, 1.54) is 0 Å². The highest BCUT2D eigenvalue weighted by atomic mass is 35.5. The van der Waals surface area contributed by atoms with E-state index in [0.717, 1.165) is 12.8 Å². The summed E-state index contributed by atoms with van der Waals surface area (Å²) in [5, 5.41) is 8.45. The van der Waals surface area contributed by atoms with Crippen molar-refractivity contribution >= 4 is 18.4 Å². The maximum atomic E-state index is 10.3. The first-order valence-electron chi connectivity index (χ1n) is 2.92. The van der Waals surface area contributed by atoms with E-state index in [2.05, 4.69) is 0 Å². The molecule has 4 heteroatoms. The third-order valence-electron chi connectivity index (χ3n) is 1.52. The summed E-state index contributed by atoms with van der Waals surface area (Å²) in [4.78, 5) is 10.3. The fraction of sp³-hybridized carbons (Fsp3) is 0.500. The third kappa shape index (κ3) is 1.64. The van der Waals surface area contributed by atoms with Gasteiger partial charge in [-0.25, -0.2) is 4.79 Å². The Hall–Kier alpha value is -0.700. The van der Waals surface area contributed by atoms with Crippen LogP contribution in [0.15, 0.2) is 11.3 Å². The number of halogens is 1. The number of carboxylic acid groups (broad SMARTS) is 1. The van der Waals surface area contributed by atoms with Crippen molar-refractivity contribution in [2.45, 2.75) is 19.3 Å². The summed E-state index contributed by atoms with van der Waals surface area (Å²) in [7, 11) is 0. The first kappa shape index (κ1) is 9.30. The van der Waals surface area contributed by atoms with Gasteiger partial charge in [0.25, 0.3) is 0 Å². The molecule has 3 nitrogen and oxygen atoms in total. The Kier molecular flexibility index (Phi) is 3.22. The topological polar surface area (TPSA) is 63.3 Å². The molecule has 0 heterocycles. The van der Waals surface area contributed by atoms with Crippen LogP contribution in [0.4, 0.5) is 0 Å². The van der Waals surface area contributed by atoms with Crippen molar-refractivity contribution < 1.29 is 9.90 Å². The van der Waals surface area contributed by atoms with Crippen molar-refractivity contribution in [3.8, 4) is 0 Å². The summed E-state index contributed by atoms with van der Waals surface area (Å²) >= 11 is 0. The average molecular weight is 164 g/mol. The number of hydrogen-bond acceptors (Lipinski definition) is 2. The molecule has 0 fully saturated rings. The van der Waals surface area contributed by atoms with Crippen LogP contribution in [0.2, 0.25) is 0 Å². The lowest BCUT2D eigenvalue weighted by Gasteiger charge is -1.92. The lowest BCUT2D eigenvalue weighted by molar-refractivity contribution is -0.132. The Morgan fingerprint density at radius 2 is 2.10 bits per heavy atom. The van der Waals surface area contributed by atoms with Gasteiger partial charge in [0.05, 0.1) is 5.57 Å². The molecule has 0 aromatic rings. The number of carbonyl (C=O) groups is 1. The fourth-order valence-electron chi connectivity index (χ4n) is 1.01. The highest BCUT2D eigenvalue weighted by molar-refractivity contribution is 5.87. The Labute approximate surface area is 65.3 Å². The van der Waals surface area contributed by atoms with Crippen molar-refractivity contribution in [1.82, 2.24) is 0 Å². The van der Waals surface area contributed by atoms with E-state index in [1.807, 2.05) is 0 Å². The summed E-state index contributed by atoms with van der Waals surface area (Å²) in [6, 6.07) is 0. The smallest absolute Gasteiger partial charge is 0.333 e. The molecule has 0 unspecified atom stereocenters. The van der Waals surface area contributed by atoms with Crippen LogP contribution in [-0.4, -0.2) is 11.1 Å². The van der Waals surface area contributed by atoms with E-state index >= 15 is 0 Å². The van der Waals surface area contributed by atoms with Crippen molar-refractivity contribution in [3.05, 3.63) is 11.3 Å². The van der Waals surface area contributed by atoms with Gasteiger partial charge in [-0.05, 0) is 19.3 Å². The number of aliphatic carboxylic acids is 1. The van der Waals surface area contributed by atoms with E-state index in [-0.39, 0.29) is 12.4 Å². The van der Waals surface area contributed by atoms with Crippen LogP contribution in [0, 0.1) is 0 Å². The lowest BCUT2D eigenvalue weighted by atomic mass is 10.2. The molecule has 0 aliphatic heterocycles. The highest BCUT2D eigenvalue weighted by Crippen LogP contribution is 2.21. The van der Waals surface area contributed by atoms with Gasteiger partial charge in [-0.2, -0.15) is 0 Å². The minimum absolute atomic E-state index is 0. The zero-order valence-electron chi connectivity index (χ0n) is 5.46. The van der Waals surface area contributed by atoms with Crippen LogP contribution in [0.3, 0.4) is 0 Å². The molecule has 1 rings (SSSR count). The SMILES string of the molecule is Cl.NC1=C(C(=O)O)CCC1. The second-order valence-corrected chi connectivity index (χ2v) is 2.16. The molecule has 10 heavy (non-hydrogen) atoms. The molecule has 0 amide bonds. The van der Waals surface area contributed by atoms with Gasteiger partial charge < -0.3 is 10.8 Å². The first-order valence-corrected chi connectivity index (χ1v) is 2.92. The van der Waals surface area contributed by atoms with Gasteiger partial charge in [-0.1, -0.05) is 0 Å². The van der Waals surface area contributed by atoms with Crippen molar-refractivity contribution in [1.29, 1.82) is 0 Å². The molecule has 0 aromatic heterocycles. The van der Waals surface area contributed by atoms with Gasteiger partial charge in [0, 0.05) is 5.70 Å². The van der Waals surface area contributed by atoms with Gasteiger partial charge in [0.1, 0.15) is 0 Å². The Balaban J connectivity index is 0.000000810. The van der Waals surface area contributed by atoms with Crippen molar-refractivity contribution in [2.24, 2.45) is 5.73 Å². The second kappa shape index (κ2) is 3.46. The van der Waals surface area contributed by atoms with Gasteiger partial charge in [-0.3, -0.25) is 0 Å². The Bertz CT molecular complexity index is 177. The molecule has 0 aromatic carbocycles. The van der Waals surface area contributed by atoms with E-state index < -0.39 is 5.97 Å². The summed E-state index contributed by atoms with van der Waals surface area (Å²) in [6.45, 7) is 0. The molecular formula is C6H10ClNO2. The molecule has 0 saturated carbocycles. The predicted molar refractivity (Wildman–Crippen MR) is 39.9 cm³/mol. The number of carboxylic acids is 1. The van der Waals surface area contributed by atoms with Crippen LogP contribution < -0.4 is 5.73 Å². The predicted octanol–water partition coefficient (Wildman–Crippen LogP) is 0.889. The van der Waals surface area contributed by atoms with Crippen molar-refractivity contribution in [2.75, 3.05) is 0 Å². The van der Waals surface area contributed by atoms with Gasteiger partial charge in [0.2, 0.25) is 0 Å². The summed E-state index contributed by atoms with van der Waals surface area (Å²) in [5.41, 5.74) is 6.35. The normalized spacial score (nSPS) is 16.8. The monoisotopic (exact) mass is 163 g/mol. The lowest BCUT2D eigenvalue weighted by Crippen LogP contribution is -2.04. The molecule has 0 saturated heterocycles. The summed E-state index contributed by atoms with van der Waals surface area (Å²) in [5.74, 6) is -0.856. The minimum atomic E-state index is -0.856. The molecular weight excluding hydrogens is 154 g/mol. The summed E-state index contributed by atoms with van der Waals surface area (Å²) in [6.07, 6.45) is 2.29. The Morgan fingerprint density at radius 1 is 1.50 bits per heavy atom. The summed E-state index contributed by atoms with van der Waals surface area (Å²) < 4.78 is 0. The van der Waals surface area contributed by atoms with Gasteiger partial charge in [0.15, 0.2) is 0 Å². The second-order valence-electron chi connectivity index (χ2n) is 2.16. The van der Waals surface area contributed by atoms with Gasteiger partial charge >= 0.3 is 5.97 Å². The maximum absolute atomic E-state index is 10.3. The fourth-order valence-corrected chi connectivity index (χ4v) is 1.01. The first-order chi connectivity index (χ1) is 4.22. The number of rotatable bonds is 1. The Morgan fingerprint density at radius 3 is 2.30 bits per heavy atom. The number of nitrogens with two attached hydrogens (primary N) is 1. The van der Waals surface area contributed by atoms with E-state index in [4.69, 9.17) is 10.8 Å². The molecule has 1 aliphatic carbocycles. The molecule has 58 valence electrons. The van der Waals surface area contributed by atoms with Crippen LogP contribution in [0.25, 0.3) is 0 Å². The van der Waals surface area contributed by atoms with Crippen LogP contribution in [-0.2, 0) is 4.79 Å². The number of hydrogen-bond donors (Lipinski definition) is 2. The molecule has 1 aliphatic rings. The van der Waals surface area contributed by atoms with E-state index in [0.29, 0.717) is 17.7 Å². The molecule has 0 bridgehead atoms. The average Bonchev–Trinajstić information content (AvgIpc) is 2.13. The zero-order valence-corrected chi connectivity index (χ0v) is 6.28. The number of allylic oxidation sites excluding steroid dienone is 1. The van der Waals surface area contributed by atoms with E-state index in [1.54, 1.807) is 0 Å². The maximum Gasteiger partial charge on any atom is 0.333 e. The molecule has 0 radical (unpaired) electrons. The quantitative estimate of drug-likeness (QED) is 0.604. The van der Waals surface area contributed by atoms with E-state index in [9.17, 15) is 4.79 Å². The highest BCUT2D eigenvalue weighted by Gasteiger charge is 2.16. The molecule has 0 atom stereocenters. The third-order valence-corrected chi connectivity index (χ3v) is 1.52. The largest absolute Gasteiger partial charge is 0.478 e. The standard InChI is InChI=1S/C6H9NO2.ClH/c7-5-3-1-2-4(5)6(8)9;/h1-3,7H2,(H,8,9);1H. The zero-order chi connectivity index (χ0) is 6.85. The van der Waals surface area contributed by atoms with Crippen LogP contribution >= 0.6 is 12.4 Å². The minimum Gasteiger partial charge on any atom is -0.478 e. The van der Waals surface area contributed by atoms with Crippen LogP contribution in [0.1, 0.15) is 19.3 Å². The molecule has 0 spiro atoms. The van der Waals surface area contributed by atoms with Crippen molar-refractivity contribution in [3.63, 3.8) is 0 Å². The van der Waals surface area contributed by atoms with Gasteiger partial charge in [-0.15, -0.1) is 12.4 Å². The molecule has 3 N–H and O–H groups in total.